The number of thiazole rings is 1. The fourth-order valence-electron chi connectivity index (χ4n) is 2.72. The Morgan fingerprint density at radius 2 is 1.90 bits per heavy atom. The maximum absolute atomic E-state index is 12.8. The zero-order valence-electron chi connectivity index (χ0n) is 16.4. The second-order valence-corrected chi connectivity index (χ2v) is 8.16. The molecule has 1 heterocycles. The van der Waals surface area contributed by atoms with E-state index in [1.807, 2.05) is 11.4 Å². The standard InChI is InChI=1S/C22H19Cl2N3O3S/c1-2-9-27(21(29)12-30-16-6-3-14(4-7-16)10-20(25)28)22-26-19(13-31-22)15-5-8-17(23)18(24)11-15/h2-8,11,13H,1,9-10,12H2,(H2,25,28). The largest absolute Gasteiger partial charge is 0.484 e. The second-order valence-electron chi connectivity index (χ2n) is 6.51. The van der Waals surface area contributed by atoms with Gasteiger partial charge in [-0.2, -0.15) is 0 Å². The van der Waals surface area contributed by atoms with Crippen molar-refractivity contribution in [2.45, 2.75) is 6.42 Å². The van der Waals surface area contributed by atoms with E-state index >= 15 is 0 Å². The lowest BCUT2D eigenvalue weighted by molar-refractivity contribution is -0.120. The van der Waals surface area contributed by atoms with Crippen molar-refractivity contribution in [3.05, 3.63) is 76.1 Å². The van der Waals surface area contributed by atoms with E-state index in [1.54, 1.807) is 42.5 Å². The molecule has 0 aliphatic rings. The zero-order chi connectivity index (χ0) is 22.4. The molecule has 9 heteroatoms. The van der Waals surface area contributed by atoms with Crippen molar-refractivity contribution < 1.29 is 14.3 Å². The second kappa shape index (κ2) is 10.4. The van der Waals surface area contributed by atoms with Crippen molar-refractivity contribution in [3.8, 4) is 17.0 Å². The summed E-state index contributed by atoms with van der Waals surface area (Å²) < 4.78 is 5.60. The van der Waals surface area contributed by atoms with E-state index in [0.29, 0.717) is 26.6 Å². The SMILES string of the molecule is C=CCN(C(=O)COc1ccc(CC(N)=O)cc1)c1nc(-c2ccc(Cl)c(Cl)c2)cs1. The zero-order valence-corrected chi connectivity index (χ0v) is 18.7. The monoisotopic (exact) mass is 475 g/mol. The van der Waals surface area contributed by atoms with Gasteiger partial charge in [0, 0.05) is 17.5 Å². The van der Waals surface area contributed by atoms with Gasteiger partial charge in [-0.25, -0.2) is 4.98 Å². The van der Waals surface area contributed by atoms with Gasteiger partial charge in [0.15, 0.2) is 11.7 Å². The lowest BCUT2D eigenvalue weighted by Crippen LogP contribution is -2.35. The van der Waals surface area contributed by atoms with E-state index in [-0.39, 0.29) is 25.5 Å². The molecule has 0 bridgehead atoms. The molecular formula is C22H19Cl2N3O3S. The number of primary amides is 1. The molecule has 0 radical (unpaired) electrons. The van der Waals surface area contributed by atoms with Crippen LogP contribution < -0.4 is 15.4 Å². The van der Waals surface area contributed by atoms with Gasteiger partial charge in [0.05, 0.1) is 22.2 Å². The summed E-state index contributed by atoms with van der Waals surface area (Å²) >= 11 is 13.4. The molecule has 0 fully saturated rings. The van der Waals surface area contributed by atoms with Crippen molar-refractivity contribution in [2.75, 3.05) is 18.1 Å². The first-order valence-corrected chi connectivity index (χ1v) is 10.8. The van der Waals surface area contributed by atoms with Crippen LogP contribution in [0.15, 0.2) is 60.5 Å². The molecule has 0 spiro atoms. The van der Waals surface area contributed by atoms with E-state index in [0.717, 1.165) is 11.1 Å². The van der Waals surface area contributed by atoms with Crippen LogP contribution in [0.2, 0.25) is 10.0 Å². The predicted molar refractivity (Wildman–Crippen MR) is 125 cm³/mol. The summed E-state index contributed by atoms with van der Waals surface area (Å²) in [5.41, 5.74) is 7.45. The van der Waals surface area contributed by atoms with E-state index < -0.39 is 5.91 Å². The number of hydrogen-bond donors (Lipinski definition) is 1. The van der Waals surface area contributed by atoms with Crippen LogP contribution >= 0.6 is 34.5 Å². The lowest BCUT2D eigenvalue weighted by atomic mass is 10.1. The normalized spacial score (nSPS) is 10.5. The average molecular weight is 476 g/mol. The highest BCUT2D eigenvalue weighted by Crippen LogP contribution is 2.31. The number of benzene rings is 2. The Bertz CT molecular complexity index is 1100. The van der Waals surface area contributed by atoms with Crippen LogP contribution in [0.25, 0.3) is 11.3 Å². The van der Waals surface area contributed by atoms with Crippen LogP contribution in [0, 0.1) is 0 Å². The summed E-state index contributed by atoms with van der Waals surface area (Å²) in [7, 11) is 0. The summed E-state index contributed by atoms with van der Waals surface area (Å²) in [6, 6.07) is 12.1. The van der Waals surface area contributed by atoms with E-state index in [1.165, 1.54) is 16.2 Å². The summed E-state index contributed by atoms with van der Waals surface area (Å²) in [6.07, 6.45) is 1.77. The summed E-state index contributed by atoms with van der Waals surface area (Å²) in [4.78, 5) is 29.8. The topological polar surface area (TPSA) is 85.5 Å². The van der Waals surface area contributed by atoms with Crippen molar-refractivity contribution in [1.29, 1.82) is 0 Å². The van der Waals surface area contributed by atoms with Crippen molar-refractivity contribution in [2.24, 2.45) is 5.73 Å². The molecule has 0 atom stereocenters. The molecule has 160 valence electrons. The number of hydrogen-bond acceptors (Lipinski definition) is 5. The number of ether oxygens (including phenoxy) is 1. The first-order valence-electron chi connectivity index (χ1n) is 9.19. The molecule has 0 aliphatic heterocycles. The molecule has 31 heavy (non-hydrogen) atoms. The van der Waals surface area contributed by atoms with Crippen LogP contribution in [-0.2, 0) is 16.0 Å². The summed E-state index contributed by atoms with van der Waals surface area (Å²) in [5, 5.41) is 3.26. The van der Waals surface area contributed by atoms with Gasteiger partial charge in [-0.15, -0.1) is 17.9 Å². The van der Waals surface area contributed by atoms with Gasteiger partial charge < -0.3 is 10.5 Å². The maximum Gasteiger partial charge on any atom is 0.266 e. The van der Waals surface area contributed by atoms with E-state index in [2.05, 4.69) is 11.6 Å². The number of carbonyl (C=O) groups is 2. The molecule has 0 saturated heterocycles. The Hall–Kier alpha value is -2.87. The molecule has 1 aromatic heterocycles. The minimum Gasteiger partial charge on any atom is -0.484 e. The minimum absolute atomic E-state index is 0.150. The van der Waals surface area contributed by atoms with Gasteiger partial charge in [-0.3, -0.25) is 14.5 Å². The van der Waals surface area contributed by atoms with Crippen LogP contribution in [0.5, 0.6) is 5.75 Å². The number of rotatable bonds is 9. The number of anilines is 1. The first-order chi connectivity index (χ1) is 14.9. The molecule has 0 unspecified atom stereocenters. The Balaban J connectivity index is 1.69. The Kier molecular flexibility index (Phi) is 7.68. The predicted octanol–water partition coefficient (Wildman–Crippen LogP) is 4.74. The minimum atomic E-state index is -0.410. The number of nitrogens with zero attached hydrogens (tertiary/aromatic N) is 2. The Morgan fingerprint density at radius 3 is 2.55 bits per heavy atom. The molecular weight excluding hydrogens is 457 g/mol. The smallest absolute Gasteiger partial charge is 0.266 e. The van der Waals surface area contributed by atoms with E-state index in [9.17, 15) is 9.59 Å². The van der Waals surface area contributed by atoms with Gasteiger partial charge in [0.25, 0.3) is 5.91 Å². The molecule has 2 aromatic carbocycles. The van der Waals surface area contributed by atoms with Crippen LogP contribution in [0.3, 0.4) is 0 Å². The van der Waals surface area contributed by atoms with Gasteiger partial charge in [-0.1, -0.05) is 47.5 Å². The number of aromatic nitrogens is 1. The highest BCUT2D eigenvalue weighted by atomic mass is 35.5. The van der Waals surface area contributed by atoms with Crippen LogP contribution in [0.4, 0.5) is 5.13 Å². The molecule has 3 rings (SSSR count). The molecule has 0 aliphatic carbocycles. The maximum atomic E-state index is 12.8. The third-order valence-electron chi connectivity index (χ3n) is 4.22. The van der Waals surface area contributed by atoms with Crippen LogP contribution in [0.1, 0.15) is 5.56 Å². The Labute approximate surface area is 193 Å². The fourth-order valence-corrected chi connectivity index (χ4v) is 3.88. The molecule has 6 nitrogen and oxygen atoms in total. The van der Waals surface area contributed by atoms with Gasteiger partial charge in [0.2, 0.25) is 5.91 Å². The lowest BCUT2D eigenvalue weighted by Gasteiger charge is -2.18. The average Bonchev–Trinajstić information content (AvgIpc) is 3.22. The highest BCUT2D eigenvalue weighted by Gasteiger charge is 2.19. The fraction of sp³-hybridized carbons (Fsp3) is 0.136. The molecule has 2 amide bonds. The third kappa shape index (κ3) is 6.07. The quantitative estimate of drug-likeness (QED) is 0.452. The summed E-state index contributed by atoms with van der Waals surface area (Å²) in [5.74, 6) is -0.167. The van der Waals surface area contributed by atoms with Gasteiger partial charge in [-0.05, 0) is 29.8 Å². The first kappa shape index (κ1) is 22.8. The molecule has 2 N–H and O–H groups in total. The number of amides is 2. The number of halogens is 2. The molecule has 3 aromatic rings. The number of nitrogens with two attached hydrogens (primary N) is 1. The van der Waals surface area contributed by atoms with E-state index in [4.69, 9.17) is 33.7 Å². The van der Waals surface area contributed by atoms with Crippen LogP contribution in [-0.4, -0.2) is 29.9 Å². The van der Waals surface area contributed by atoms with Crippen molar-refractivity contribution in [3.63, 3.8) is 0 Å². The van der Waals surface area contributed by atoms with Gasteiger partial charge in [0.1, 0.15) is 5.75 Å². The van der Waals surface area contributed by atoms with Crippen molar-refractivity contribution >= 4 is 51.5 Å². The highest BCUT2D eigenvalue weighted by molar-refractivity contribution is 7.14. The number of carbonyl (C=O) groups excluding carboxylic acids is 2. The Morgan fingerprint density at radius 1 is 1.16 bits per heavy atom. The third-order valence-corrected chi connectivity index (χ3v) is 5.82. The van der Waals surface area contributed by atoms with Gasteiger partial charge >= 0.3 is 0 Å². The molecule has 0 saturated carbocycles. The van der Waals surface area contributed by atoms with Crippen molar-refractivity contribution in [1.82, 2.24) is 4.98 Å². The summed E-state index contributed by atoms with van der Waals surface area (Å²) in [6.45, 7) is 3.83.